The molecule has 28 heavy (non-hydrogen) atoms. The third-order valence-corrected chi connectivity index (χ3v) is 6.00. The maximum absolute atomic E-state index is 13.1. The van der Waals surface area contributed by atoms with Crippen molar-refractivity contribution in [1.29, 1.82) is 0 Å². The van der Waals surface area contributed by atoms with Gasteiger partial charge in [-0.2, -0.15) is 0 Å². The number of benzene rings is 2. The quantitative estimate of drug-likeness (QED) is 0.463. The molecule has 6 heteroatoms. The van der Waals surface area contributed by atoms with Crippen molar-refractivity contribution < 1.29 is 14.4 Å². The largest absolute Gasteiger partial charge is 0.330 e. The van der Waals surface area contributed by atoms with E-state index in [1.54, 1.807) is 17.0 Å². The number of nitrogens with zero attached hydrogens (tertiary/aromatic N) is 2. The molecule has 1 atom stereocenters. The van der Waals surface area contributed by atoms with Gasteiger partial charge in [-0.25, -0.2) is 4.90 Å². The lowest BCUT2D eigenvalue weighted by Crippen LogP contribution is -2.47. The van der Waals surface area contributed by atoms with Crippen LogP contribution in [0, 0.1) is 9.49 Å². The lowest BCUT2D eigenvalue weighted by Gasteiger charge is -2.28. The zero-order valence-electron chi connectivity index (χ0n) is 15.4. The highest BCUT2D eigenvalue weighted by molar-refractivity contribution is 14.1. The van der Waals surface area contributed by atoms with Gasteiger partial charge in [0.1, 0.15) is 6.04 Å². The van der Waals surface area contributed by atoms with E-state index in [0.29, 0.717) is 18.7 Å². The smallest absolute Gasteiger partial charge is 0.257 e. The van der Waals surface area contributed by atoms with E-state index in [4.69, 9.17) is 0 Å². The Hall–Kier alpha value is -2.22. The van der Waals surface area contributed by atoms with Crippen LogP contribution in [0.3, 0.4) is 0 Å². The average molecular weight is 488 g/mol. The lowest BCUT2D eigenvalue weighted by molar-refractivity contribution is -0.139. The Balaban J connectivity index is 1.55. The van der Waals surface area contributed by atoms with Crippen molar-refractivity contribution in [3.63, 3.8) is 0 Å². The van der Waals surface area contributed by atoms with Gasteiger partial charge in [-0.1, -0.05) is 30.3 Å². The van der Waals surface area contributed by atoms with Gasteiger partial charge in [0.25, 0.3) is 5.91 Å². The molecule has 3 amide bonds. The molecular weight excluding hydrogens is 467 g/mol. The number of carbonyl (C=O) groups is 3. The van der Waals surface area contributed by atoms with Crippen LogP contribution in [-0.4, -0.2) is 35.2 Å². The molecule has 0 aromatic heterocycles. The molecular formula is C22H21IN2O3. The van der Waals surface area contributed by atoms with Gasteiger partial charge in [0.15, 0.2) is 0 Å². The van der Waals surface area contributed by atoms with Gasteiger partial charge in [0.2, 0.25) is 11.8 Å². The molecule has 5 nitrogen and oxygen atoms in total. The number of hydrogen-bond donors (Lipinski definition) is 0. The minimum Gasteiger partial charge on any atom is -0.330 e. The maximum Gasteiger partial charge on any atom is 0.257 e. The van der Waals surface area contributed by atoms with E-state index >= 15 is 0 Å². The van der Waals surface area contributed by atoms with Crippen LogP contribution < -0.4 is 4.90 Å². The second-order valence-corrected chi connectivity index (χ2v) is 8.55. The summed E-state index contributed by atoms with van der Waals surface area (Å²) in [6.45, 7) is 0.448. The first-order valence-corrected chi connectivity index (χ1v) is 10.6. The van der Waals surface area contributed by atoms with Crippen molar-refractivity contribution in [2.75, 3.05) is 11.4 Å². The number of rotatable bonds is 6. The summed E-state index contributed by atoms with van der Waals surface area (Å²) >= 11 is 2.18. The van der Waals surface area contributed by atoms with Crippen LogP contribution in [0.5, 0.6) is 0 Å². The van der Waals surface area contributed by atoms with Crippen LogP contribution >= 0.6 is 22.6 Å². The van der Waals surface area contributed by atoms with Crippen molar-refractivity contribution in [3.8, 4) is 0 Å². The minimum absolute atomic E-state index is 0.00558. The Morgan fingerprint density at radius 1 is 1.04 bits per heavy atom. The van der Waals surface area contributed by atoms with Crippen molar-refractivity contribution in [2.24, 2.45) is 5.92 Å². The molecule has 2 aromatic carbocycles. The summed E-state index contributed by atoms with van der Waals surface area (Å²) in [5.41, 5.74) is 1.68. The van der Waals surface area contributed by atoms with Crippen molar-refractivity contribution in [2.45, 2.75) is 31.7 Å². The molecule has 0 spiro atoms. The predicted octanol–water partition coefficient (Wildman–Crippen LogP) is 3.40. The fraction of sp³-hybridized carbons (Fsp3) is 0.318. The highest BCUT2D eigenvalue weighted by Gasteiger charge is 2.46. The molecule has 4 rings (SSSR count). The van der Waals surface area contributed by atoms with Crippen molar-refractivity contribution in [1.82, 2.24) is 4.90 Å². The molecule has 0 bridgehead atoms. The average Bonchev–Trinajstić information content (AvgIpc) is 3.50. The number of carbonyl (C=O) groups excluding carboxylic acids is 3. The Morgan fingerprint density at radius 2 is 1.71 bits per heavy atom. The third kappa shape index (κ3) is 3.97. The van der Waals surface area contributed by atoms with Crippen LogP contribution in [0.1, 0.15) is 24.8 Å². The lowest BCUT2D eigenvalue weighted by atomic mass is 10.1. The number of anilines is 1. The number of imide groups is 1. The Morgan fingerprint density at radius 3 is 2.36 bits per heavy atom. The second-order valence-electron chi connectivity index (χ2n) is 7.31. The summed E-state index contributed by atoms with van der Waals surface area (Å²) in [6.07, 6.45) is 2.46. The van der Waals surface area contributed by atoms with Gasteiger partial charge < -0.3 is 4.90 Å². The number of halogens is 1. The minimum atomic E-state index is -0.705. The van der Waals surface area contributed by atoms with Gasteiger partial charge in [-0.15, -0.1) is 0 Å². The molecule has 2 aliphatic rings. The zero-order valence-corrected chi connectivity index (χ0v) is 17.5. The fourth-order valence-electron chi connectivity index (χ4n) is 3.60. The molecule has 2 fully saturated rings. The van der Waals surface area contributed by atoms with Crippen molar-refractivity contribution in [3.05, 3.63) is 63.7 Å². The topological polar surface area (TPSA) is 57.7 Å². The molecule has 0 N–H and O–H groups in total. The fourth-order valence-corrected chi connectivity index (χ4v) is 3.96. The first-order chi connectivity index (χ1) is 13.5. The van der Waals surface area contributed by atoms with E-state index in [-0.39, 0.29) is 30.1 Å². The molecule has 1 unspecified atom stereocenters. The first-order valence-electron chi connectivity index (χ1n) is 9.51. The standard InChI is InChI=1S/C22H21IN2O3/c23-17-8-10-18(11-9-17)25-20(26)14-19(22(25)28)24(21(27)16-6-7-16)13-12-15-4-2-1-3-5-15/h1-5,8-11,16,19H,6-7,12-14H2. The van der Waals surface area contributed by atoms with Crippen LogP contribution in [0.4, 0.5) is 5.69 Å². The number of amides is 3. The maximum atomic E-state index is 13.1. The summed E-state index contributed by atoms with van der Waals surface area (Å²) < 4.78 is 1.03. The van der Waals surface area contributed by atoms with Crippen LogP contribution in [0.15, 0.2) is 54.6 Å². The summed E-state index contributed by atoms with van der Waals surface area (Å²) in [6, 6.07) is 16.5. The highest BCUT2D eigenvalue weighted by atomic mass is 127. The molecule has 1 aliphatic heterocycles. The van der Waals surface area contributed by atoms with Gasteiger partial charge >= 0.3 is 0 Å². The van der Waals surface area contributed by atoms with E-state index in [1.165, 1.54) is 4.90 Å². The van der Waals surface area contributed by atoms with Crippen LogP contribution in [-0.2, 0) is 20.8 Å². The molecule has 144 valence electrons. The van der Waals surface area contributed by atoms with Crippen LogP contribution in [0.25, 0.3) is 0 Å². The molecule has 0 radical (unpaired) electrons. The summed E-state index contributed by atoms with van der Waals surface area (Å²) in [7, 11) is 0. The van der Waals surface area contributed by atoms with Gasteiger partial charge in [-0.3, -0.25) is 14.4 Å². The van der Waals surface area contributed by atoms with Crippen molar-refractivity contribution >= 4 is 46.0 Å². The number of hydrogen-bond acceptors (Lipinski definition) is 3. The predicted molar refractivity (Wildman–Crippen MR) is 115 cm³/mol. The molecule has 1 saturated heterocycles. The summed E-state index contributed by atoms with van der Waals surface area (Å²) in [4.78, 5) is 41.5. The van der Waals surface area contributed by atoms with Gasteiger partial charge in [-0.05, 0) is 71.7 Å². The van der Waals surface area contributed by atoms with E-state index in [0.717, 1.165) is 22.0 Å². The summed E-state index contributed by atoms with van der Waals surface area (Å²) in [5.74, 6) is -0.532. The molecule has 1 heterocycles. The van der Waals surface area contributed by atoms with E-state index in [9.17, 15) is 14.4 Å². The zero-order chi connectivity index (χ0) is 19.7. The van der Waals surface area contributed by atoms with Gasteiger partial charge in [0.05, 0.1) is 12.1 Å². The SMILES string of the molecule is O=C1CC(N(CCc2ccccc2)C(=O)C2CC2)C(=O)N1c1ccc(I)cc1. The summed E-state index contributed by atoms with van der Waals surface area (Å²) in [5, 5.41) is 0. The highest BCUT2D eigenvalue weighted by Crippen LogP contribution is 2.34. The molecule has 1 saturated carbocycles. The normalized spacial score (nSPS) is 19.2. The van der Waals surface area contributed by atoms with E-state index in [2.05, 4.69) is 22.6 Å². The Kier molecular flexibility index (Phi) is 5.48. The first kappa shape index (κ1) is 19.1. The monoisotopic (exact) mass is 488 g/mol. The molecule has 1 aliphatic carbocycles. The van der Waals surface area contributed by atoms with E-state index in [1.807, 2.05) is 42.5 Å². The second kappa shape index (κ2) is 8.03. The molecule has 2 aromatic rings. The van der Waals surface area contributed by atoms with Crippen LogP contribution in [0.2, 0.25) is 0 Å². The van der Waals surface area contributed by atoms with Gasteiger partial charge in [0, 0.05) is 16.0 Å². The Bertz CT molecular complexity index is 894. The Labute approximate surface area is 177 Å². The van der Waals surface area contributed by atoms with E-state index < -0.39 is 6.04 Å². The third-order valence-electron chi connectivity index (χ3n) is 5.28.